The van der Waals surface area contributed by atoms with Crippen LogP contribution in [0.5, 0.6) is 23.0 Å². The topological polar surface area (TPSA) is 141 Å². The minimum atomic E-state index is -1.15. The second-order valence-corrected chi connectivity index (χ2v) is 8.09. The van der Waals surface area contributed by atoms with Crippen LogP contribution < -0.4 is 24.3 Å². The number of benzene rings is 2. The van der Waals surface area contributed by atoms with Gasteiger partial charge in [-0.15, -0.1) is 0 Å². The van der Waals surface area contributed by atoms with Crippen LogP contribution in [0, 0.1) is 0 Å². The van der Waals surface area contributed by atoms with Crippen molar-refractivity contribution in [2.75, 3.05) is 26.4 Å². The number of nitrogens with zero attached hydrogens (tertiary/aromatic N) is 1. The van der Waals surface area contributed by atoms with Crippen LogP contribution in [0.4, 0.5) is 4.79 Å². The Hall–Kier alpha value is -4.54. The van der Waals surface area contributed by atoms with Crippen LogP contribution in [0.3, 0.4) is 0 Å². The minimum Gasteiger partial charge on any atom is -0.490 e. The zero-order chi connectivity index (χ0) is 27.7. The molecule has 11 heteroatoms. The fraction of sp³-hybridized carbons (Fsp3) is 0.333. The van der Waals surface area contributed by atoms with Crippen LogP contribution in [0.15, 0.2) is 42.0 Å². The maximum absolute atomic E-state index is 13.2. The zero-order valence-corrected chi connectivity index (χ0v) is 21.4. The lowest BCUT2D eigenvalue weighted by Gasteiger charge is -2.26. The summed E-state index contributed by atoms with van der Waals surface area (Å²) >= 11 is 0. The Bertz CT molecular complexity index is 1240. The van der Waals surface area contributed by atoms with Gasteiger partial charge in [0.05, 0.1) is 26.4 Å². The summed E-state index contributed by atoms with van der Waals surface area (Å²) in [6.07, 6.45) is 2.15. The van der Waals surface area contributed by atoms with Gasteiger partial charge in [-0.05, 0) is 61.7 Å². The van der Waals surface area contributed by atoms with E-state index in [1.165, 1.54) is 24.3 Å². The highest BCUT2D eigenvalue weighted by Crippen LogP contribution is 2.31. The van der Waals surface area contributed by atoms with Crippen molar-refractivity contribution in [3.8, 4) is 23.0 Å². The molecule has 1 aliphatic rings. The Kier molecular flexibility index (Phi) is 9.69. The number of carboxylic acids is 1. The highest BCUT2D eigenvalue weighted by molar-refractivity contribution is 6.30. The van der Waals surface area contributed by atoms with Gasteiger partial charge in [-0.3, -0.25) is 19.8 Å². The molecule has 0 unspecified atom stereocenters. The number of barbiturate groups is 1. The summed E-state index contributed by atoms with van der Waals surface area (Å²) in [5.74, 6) is -1.26. The molecule has 0 aromatic heterocycles. The summed E-state index contributed by atoms with van der Waals surface area (Å²) in [4.78, 5) is 50.1. The number of urea groups is 1. The smallest absolute Gasteiger partial charge is 0.341 e. The molecule has 1 fully saturated rings. The first-order valence-electron chi connectivity index (χ1n) is 12.2. The van der Waals surface area contributed by atoms with Crippen molar-refractivity contribution in [3.05, 3.63) is 53.1 Å². The van der Waals surface area contributed by atoms with Crippen molar-refractivity contribution in [1.82, 2.24) is 10.2 Å². The molecule has 0 saturated carbocycles. The predicted octanol–water partition coefficient (Wildman–Crippen LogP) is 3.40. The van der Waals surface area contributed by atoms with Gasteiger partial charge in [0, 0.05) is 0 Å². The van der Waals surface area contributed by atoms with Crippen molar-refractivity contribution < 1.29 is 43.2 Å². The molecular formula is C27H30N2O9. The average Bonchev–Trinajstić information content (AvgIpc) is 2.88. The molecule has 2 aromatic carbocycles. The molecule has 38 heavy (non-hydrogen) atoms. The maximum Gasteiger partial charge on any atom is 0.341 e. The van der Waals surface area contributed by atoms with Crippen LogP contribution in [-0.4, -0.2) is 60.2 Å². The number of carboxylic acid groups (broad SMARTS) is 1. The maximum atomic E-state index is 13.2. The fourth-order valence-corrected chi connectivity index (χ4v) is 3.58. The summed E-state index contributed by atoms with van der Waals surface area (Å²) in [6, 6.07) is 8.82. The molecule has 0 aliphatic carbocycles. The normalized spacial score (nSPS) is 14.3. The van der Waals surface area contributed by atoms with Crippen LogP contribution in [0.2, 0.25) is 0 Å². The molecule has 0 radical (unpaired) electrons. The first-order valence-corrected chi connectivity index (χ1v) is 12.2. The lowest BCUT2D eigenvalue weighted by molar-refractivity contribution is -0.139. The van der Waals surface area contributed by atoms with Gasteiger partial charge < -0.3 is 24.1 Å². The summed E-state index contributed by atoms with van der Waals surface area (Å²) in [6.45, 7) is 6.10. The van der Waals surface area contributed by atoms with Crippen molar-refractivity contribution >= 4 is 29.9 Å². The van der Waals surface area contributed by atoms with Crippen molar-refractivity contribution in [2.45, 2.75) is 33.7 Å². The van der Waals surface area contributed by atoms with E-state index in [1.54, 1.807) is 25.1 Å². The molecular weight excluding hydrogens is 496 g/mol. The van der Waals surface area contributed by atoms with Crippen LogP contribution in [-0.2, 0) is 20.9 Å². The summed E-state index contributed by atoms with van der Waals surface area (Å²) < 4.78 is 22.1. The molecule has 1 aliphatic heterocycles. The van der Waals surface area contributed by atoms with Crippen molar-refractivity contribution in [1.29, 1.82) is 0 Å². The Morgan fingerprint density at radius 3 is 2.21 bits per heavy atom. The van der Waals surface area contributed by atoms with Gasteiger partial charge in [0.25, 0.3) is 11.8 Å². The third-order valence-electron chi connectivity index (χ3n) is 5.23. The Labute approximate surface area is 219 Å². The second kappa shape index (κ2) is 13.1. The summed E-state index contributed by atoms with van der Waals surface area (Å²) in [7, 11) is 0. The molecule has 2 N–H and O–H groups in total. The third-order valence-corrected chi connectivity index (χ3v) is 5.23. The number of hydrogen-bond acceptors (Lipinski definition) is 8. The number of carbonyl (C=O) groups is 4. The van der Waals surface area contributed by atoms with E-state index in [-0.39, 0.29) is 30.2 Å². The number of amides is 4. The number of hydrogen-bond donors (Lipinski definition) is 2. The lowest BCUT2D eigenvalue weighted by atomic mass is 10.1. The monoisotopic (exact) mass is 526 g/mol. The van der Waals surface area contributed by atoms with E-state index in [4.69, 9.17) is 24.1 Å². The molecule has 0 atom stereocenters. The number of imide groups is 2. The van der Waals surface area contributed by atoms with Gasteiger partial charge in [0.15, 0.2) is 29.6 Å². The van der Waals surface area contributed by atoms with E-state index in [2.05, 4.69) is 5.32 Å². The number of carbonyl (C=O) groups excluding carboxylic acids is 3. The van der Waals surface area contributed by atoms with E-state index in [9.17, 15) is 19.2 Å². The minimum absolute atomic E-state index is 0.102. The molecule has 1 heterocycles. The number of rotatable bonds is 13. The molecule has 0 spiro atoms. The van der Waals surface area contributed by atoms with Gasteiger partial charge in [0.1, 0.15) is 5.57 Å². The number of aliphatic carboxylic acids is 1. The summed E-state index contributed by atoms with van der Waals surface area (Å²) in [5.41, 5.74) is 0.771. The third kappa shape index (κ3) is 7.02. The molecule has 0 bridgehead atoms. The van der Waals surface area contributed by atoms with Crippen molar-refractivity contribution in [3.63, 3.8) is 0 Å². The highest BCUT2D eigenvalue weighted by Gasteiger charge is 2.36. The number of nitrogens with one attached hydrogen (secondary N) is 1. The van der Waals surface area contributed by atoms with E-state index >= 15 is 0 Å². The standard InChI is InChI=1S/C27H30N2O9/c1-4-11-37-20-10-8-18(14-23(20)36-6-3)15-29-26(33)19(25(32)28-27(29)34)12-17-7-9-21(38-16-24(30)31)22(13-17)35-5-2/h7-10,12-14H,4-6,11,15-16H2,1-3H3,(H,30,31)(H,28,32,34)/b19-12+. The Morgan fingerprint density at radius 2 is 1.55 bits per heavy atom. The molecule has 4 amide bonds. The molecule has 202 valence electrons. The molecule has 2 aromatic rings. The Morgan fingerprint density at radius 1 is 0.895 bits per heavy atom. The summed E-state index contributed by atoms with van der Waals surface area (Å²) in [5, 5.41) is 11.1. The first kappa shape index (κ1) is 28.0. The van der Waals surface area contributed by atoms with Gasteiger partial charge in [-0.2, -0.15) is 0 Å². The largest absolute Gasteiger partial charge is 0.490 e. The first-order chi connectivity index (χ1) is 18.3. The van der Waals surface area contributed by atoms with Crippen LogP contribution in [0.1, 0.15) is 38.3 Å². The average molecular weight is 527 g/mol. The van der Waals surface area contributed by atoms with Gasteiger partial charge in [-0.1, -0.05) is 19.1 Å². The van der Waals surface area contributed by atoms with E-state index in [0.29, 0.717) is 35.8 Å². The predicted molar refractivity (Wildman–Crippen MR) is 136 cm³/mol. The van der Waals surface area contributed by atoms with E-state index in [1.807, 2.05) is 13.8 Å². The zero-order valence-electron chi connectivity index (χ0n) is 21.4. The molecule has 11 nitrogen and oxygen atoms in total. The van der Waals surface area contributed by atoms with E-state index in [0.717, 1.165) is 11.3 Å². The SMILES string of the molecule is CCCOc1ccc(CN2C(=O)NC(=O)/C(=C\c3ccc(OCC(=O)O)c(OCC)c3)C2=O)cc1OCC. The second-order valence-electron chi connectivity index (χ2n) is 8.09. The van der Waals surface area contributed by atoms with Crippen molar-refractivity contribution in [2.24, 2.45) is 0 Å². The number of ether oxygens (including phenoxy) is 4. The highest BCUT2D eigenvalue weighted by atomic mass is 16.5. The fourth-order valence-electron chi connectivity index (χ4n) is 3.58. The Balaban J connectivity index is 1.87. The quantitative estimate of drug-likeness (QED) is 0.297. The van der Waals surface area contributed by atoms with Gasteiger partial charge >= 0.3 is 12.0 Å². The van der Waals surface area contributed by atoms with Crippen LogP contribution in [0.25, 0.3) is 6.08 Å². The van der Waals surface area contributed by atoms with Gasteiger partial charge in [0.2, 0.25) is 0 Å². The van der Waals surface area contributed by atoms with Gasteiger partial charge in [-0.25, -0.2) is 9.59 Å². The van der Waals surface area contributed by atoms with Crippen LogP contribution >= 0.6 is 0 Å². The lowest BCUT2D eigenvalue weighted by Crippen LogP contribution is -2.53. The molecule has 3 rings (SSSR count). The van der Waals surface area contributed by atoms with E-state index < -0.39 is 30.4 Å². The molecule has 1 saturated heterocycles.